The fourth-order valence-corrected chi connectivity index (χ4v) is 3.38. The molecule has 2 atom stereocenters. The Morgan fingerprint density at radius 3 is 2.65 bits per heavy atom. The van der Waals surface area contributed by atoms with E-state index in [1.54, 1.807) is 11.0 Å². The molecule has 1 spiro atoms. The maximum Gasteiger partial charge on any atom is 0.276 e. The van der Waals surface area contributed by atoms with Crippen molar-refractivity contribution in [2.24, 2.45) is 0 Å². The van der Waals surface area contributed by atoms with E-state index in [0.29, 0.717) is 6.54 Å². The minimum atomic E-state index is -1.11. The molecule has 1 N–H and O–H groups in total. The van der Waals surface area contributed by atoms with Crippen LogP contribution in [-0.4, -0.2) is 17.1 Å². The molecule has 0 unspecified atom stereocenters. The second-order valence-corrected chi connectivity index (χ2v) is 5.94. The van der Waals surface area contributed by atoms with Crippen molar-refractivity contribution in [1.82, 2.24) is 0 Å². The van der Waals surface area contributed by atoms with E-state index in [0.717, 1.165) is 16.8 Å². The van der Waals surface area contributed by atoms with Crippen molar-refractivity contribution in [2.75, 3.05) is 4.90 Å². The Morgan fingerprint density at radius 1 is 1.13 bits per heavy atom. The molecule has 1 amide bonds. The molecule has 2 aliphatic rings. The van der Waals surface area contributed by atoms with Crippen LogP contribution in [0.25, 0.3) is 0 Å². The monoisotopic (exact) mass is 307 g/mol. The molecule has 2 aliphatic heterocycles. The van der Waals surface area contributed by atoms with Crippen LogP contribution in [0.5, 0.6) is 0 Å². The maximum absolute atomic E-state index is 13.1. The third-order valence-electron chi connectivity index (χ3n) is 4.47. The molecule has 2 aromatic carbocycles. The summed E-state index contributed by atoms with van der Waals surface area (Å²) in [6, 6.07) is 17.5. The summed E-state index contributed by atoms with van der Waals surface area (Å²) in [5.74, 6) is -0.119. The summed E-state index contributed by atoms with van der Waals surface area (Å²) in [5.41, 5.74) is 1.62. The first kappa shape index (κ1) is 14.0. The summed E-state index contributed by atoms with van der Waals surface area (Å²) in [5, 5.41) is 10.0. The summed E-state index contributed by atoms with van der Waals surface area (Å²) in [7, 11) is 0. The Kier molecular flexibility index (Phi) is 3.20. The van der Waals surface area contributed by atoms with E-state index < -0.39 is 11.7 Å². The molecule has 2 heterocycles. The van der Waals surface area contributed by atoms with E-state index in [1.807, 2.05) is 54.6 Å². The Labute approximate surface area is 134 Å². The highest BCUT2D eigenvalue weighted by Crippen LogP contribution is 2.47. The highest BCUT2D eigenvalue weighted by molar-refractivity contribution is 6.07. The lowest BCUT2D eigenvalue weighted by molar-refractivity contribution is -0.141. The quantitative estimate of drug-likeness (QED) is 0.928. The molecule has 0 aliphatic carbocycles. The minimum absolute atomic E-state index is 0.119. The number of rotatable bonds is 2. The van der Waals surface area contributed by atoms with E-state index in [-0.39, 0.29) is 12.3 Å². The lowest BCUT2D eigenvalue weighted by atomic mass is 9.88. The van der Waals surface area contributed by atoms with Gasteiger partial charge in [-0.15, -0.1) is 0 Å². The lowest BCUT2D eigenvalue weighted by Crippen LogP contribution is -2.44. The highest BCUT2D eigenvalue weighted by atomic mass is 16.5. The number of hydrogen-bond donors (Lipinski definition) is 1. The summed E-state index contributed by atoms with van der Waals surface area (Å²) < 4.78 is 5.77. The summed E-state index contributed by atoms with van der Waals surface area (Å²) in [6.45, 7) is 0.488. The molecule has 0 saturated carbocycles. The van der Waals surface area contributed by atoms with Crippen molar-refractivity contribution < 1.29 is 14.6 Å². The van der Waals surface area contributed by atoms with Gasteiger partial charge in [0.1, 0.15) is 0 Å². The normalized spacial score (nSPS) is 25.5. The Bertz CT molecular complexity index is 771. The van der Waals surface area contributed by atoms with Gasteiger partial charge in [0, 0.05) is 12.0 Å². The molecular weight excluding hydrogens is 290 g/mol. The van der Waals surface area contributed by atoms with Crippen LogP contribution in [0.3, 0.4) is 0 Å². The van der Waals surface area contributed by atoms with Crippen molar-refractivity contribution in [2.45, 2.75) is 24.7 Å². The molecule has 4 nitrogen and oxygen atoms in total. The first-order valence-corrected chi connectivity index (χ1v) is 7.69. The van der Waals surface area contributed by atoms with Gasteiger partial charge in [-0.2, -0.15) is 0 Å². The standard InChI is InChI=1S/C19H17NO3/c21-15-10-11-23-19(12-15)16-8-4-5-9-17(16)20(18(19)22)13-14-6-2-1-3-7-14/h1-11,15,21H,12-13H2/t15-,19-/m0/s1. The summed E-state index contributed by atoms with van der Waals surface area (Å²) in [6.07, 6.45) is 2.57. The van der Waals surface area contributed by atoms with Crippen LogP contribution in [0, 0.1) is 0 Å². The van der Waals surface area contributed by atoms with E-state index in [9.17, 15) is 9.90 Å². The zero-order valence-corrected chi connectivity index (χ0v) is 12.6. The second kappa shape index (κ2) is 5.25. The van der Waals surface area contributed by atoms with E-state index in [2.05, 4.69) is 0 Å². The van der Waals surface area contributed by atoms with E-state index in [1.165, 1.54) is 6.26 Å². The van der Waals surface area contributed by atoms with Gasteiger partial charge in [-0.3, -0.25) is 4.79 Å². The van der Waals surface area contributed by atoms with Crippen LogP contribution in [0.4, 0.5) is 5.69 Å². The molecule has 23 heavy (non-hydrogen) atoms. The van der Waals surface area contributed by atoms with Gasteiger partial charge in [-0.05, 0) is 17.7 Å². The Hall–Kier alpha value is -2.59. The molecule has 116 valence electrons. The topological polar surface area (TPSA) is 49.8 Å². The number of fused-ring (bicyclic) bond motifs is 2. The molecule has 2 aromatic rings. The molecule has 0 aromatic heterocycles. The predicted molar refractivity (Wildman–Crippen MR) is 86.6 cm³/mol. The number of carbonyl (C=O) groups is 1. The maximum atomic E-state index is 13.1. The van der Waals surface area contributed by atoms with Gasteiger partial charge >= 0.3 is 0 Å². The molecule has 0 fully saturated rings. The van der Waals surface area contributed by atoms with Crippen LogP contribution in [0.15, 0.2) is 66.9 Å². The third-order valence-corrected chi connectivity index (χ3v) is 4.47. The van der Waals surface area contributed by atoms with Gasteiger partial charge in [0.25, 0.3) is 5.91 Å². The third kappa shape index (κ3) is 2.14. The zero-order valence-electron chi connectivity index (χ0n) is 12.6. The lowest BCUT2D eigenvalue weighted by Gasteiger charge is -2.32. The fourth-order valence-electron chi connectivity index (χ4n) is 3.38. The number of anilines is 1. The van der Waals surface area contributed by atoms with Gasteiger partial charge < -0.3 is 14.7 Å². The summed E-state index contributed by atoms with van der Waals surface area (Å²) >= 11 is 0. The van der Waals surface area contributed by atoms with Crippen molar-refractivity contribution in [3.05, 3.63) is 78.1 Å². The van der Waals surface area contributed by atoms with Crippen LogP contribution < -0.4 is 4.90 Å². The van der Waals surface area contributed by atoms with Crippen LogP contribution in [0.1, 0.15) is 17.5 Å². The number of hydrogen-bond acceptors (Lipinski definition) is 3. The average molecular weight is 307 g/mol. The molecule has 0 bridgehead atoms. The number of aliphatic hydroxyl groups is 1. The molecule has 4 rings (SSSR count). The van der Waals surface area contributed by atoms with Gasteiger partial charge in [0.05, 0.1) is 24.6 Å². The minimum Gasteiger partial charge on any atom is -0.480 e. The second-order valence-electron chi connectivity index (χ2n) is 5.94. The molecular formula is C19H17NO3. The summed E-state index contributed by atoms with van der Waals surface area (Å²) in [4.78, 5) is 14.9. The molecule has 0 saturated heterocycles. The number of nitrogens with zero attached hydrogens (tertiary/aromatic N) is 1. The van der Waals surface area contributed by atoms with Gasteiger partial charge in [-0.1, -0.05) is 48.5 Å². The van der Waals surface area contributed by atoms with Crippen molar-refractivity contribution in [3.63, 3.8) is 0 Å². The van der Waals surface area contributed by atoms with Crippen LogP contribution in [-0.2, 0) is 21.7 Å². The van der Waals surface area contributed by atoms with Crippen molar-refractivity contribution >= 4 is 11.6 Å². The SMILES string of the molecule is O=C1N(Cc2ccccc2)c2ccccc2[C@@]12C[C@@H](O)C=CO2. The number of aliphatic hydroxyl groups excluding tert-OH is 1. The highest BCUT2D eigenvalue weighted by Gasteiger charge is 2.54. The van der Waals surface area contributed by atoms with Gasteiger partial charge in [-0.25, -0.2) is 0 Å². The Morgan fingerprint density at radius 2 is 1.87 bits per heavy atom. The Balaban J connectivity index is 1.78. The van der Waals surface area contributed by atoms with Crippen molar-refractivity contribution in [3.8, 4) is 0 Å². The number of para-hydroxylation sites is 1. The average Bonchev–Trinajstić information content (AvgIpc) is 2.79. The largest absolute Gasteiger partial charge is 0.480 e. The van der Waals surface area contributed by atoms with E-state index in [4.69, 9.17) is 4.74 Å². The van der Waals surface area contributed by atoms with Crippen LogP contribution in [0.2, 0.25) is 0 Å². The smallest absolute Gasteiger partial charge is 0.276 e. The van der Waals surface area contributed by atoms with Gasteiger partial charge in [0.2, 0.25) is 5.60 Å². The van der Waals surface area contributed by atoms with Crippen LogP contribution >= 0.6 is 0 Å². The molecule has 0 radical (unpaired) electrons. The number of ether oxygens (including phenoxy) is 1. The zero-order chi connectivity index (χ0) is 15.9. The van der Waals surface area contributed by atoms with Crippen molar-refractivity contribution in [1.29, 1.82) is 0 Å². The first-order valence-electron chi connectivity index (χ1n) is 7.69. The van der Waals surface area contributed by atoms with Gasteiger partial charge in [0.15, 0.2) is 0 Å². The van der Waals surface area contributed by atoms with E-state index >= 15 is 0 Å². The number of amides is 1. The number of carbonyl (C=O) groups excluding carboxylic acids is 1. The molecule has 4 heteroatoms. The predicted octanol–water partition coefficient (Wildman–Crippen LogP) is 2.72. The fraction of sp³-hybridized carbons (Fsp3) is 0.211. The first-order chi connectivity index (χ1) is 11.2. The number of benzene rings is 2.